The number of thioether (sulfide) groups is 2. The molecule has 0 bridgehead atoms. The zero-order chi connectivity index (χ0) is 16.8. The molecule has 0 aliphatic heterocycles. The van der Waals surface area contributed by atoms with E-state index < -0.39 is 0 Å². The Kier molecular flexibility index (Phi) is 6.88. The monoisotopic (exact) mass is 364 g/mol. The van der Waals surface area contributed by atoms with Gasteiger partial charge in [0.15, 0.2) is 0 Å². The molecule has 7 heteroatoms. The average molecular weight is 365 g/mol. The fraction of sp³-hybridized carbons (Fsp3) is 0.438. The summed E-state index contributed by atoms with van der Waals surface area (Å²) in [5.41, 5.74) is 2.36. The molecule has 0 spiro atoms. The van der Waals surface area contributed by atoms with Crippen LogP contribution < -0.4 is 0 Å². The first kappa shape index (κ1) is 18.2. The standard InChI is InChI=1S/C16H20N4S3/c1-4-5-6-22-10-23-16-13(8-17)12(7-15(21)19-16)14-9-18-11(2)20(14)3/h7,9H,4-6,10H2,1-3H3,(H,19,21). The molecular weight excluding hydrogens is 344 g/mol. The lowest BCUT2D eigenvalue weighted by atomic mass is 10.1. The van der Waals surface area contributed by atoms with Gasteiger partial charge in [-0.1, -0.05) is 25.1 Å². The molecule has 4 nitrogen and oxygen atoms in total. The smallest absolute Gasteiger partial charge is 0.117 e. The summed E-state index contributed by atoms with van der Waals surface area (Å²) in [5.74, 6) is 2.05. The topological polar surface area (TPSA) is 54.5 Å². The van der Waals surface area contributed by atoms with E-state index in [0.29, 0.717) is 10.6 Å². The minimum atomic E-state index is 0.604. The number of pyridine rings is 1. The van der Waals surface area contributed by atoms with Crippen molar-refractivity contribution in [2.75, 3.05) is 10.8 Å². The summed E-state index contributed by atoms with van der Waals surface area (Å²) in [7, 11) is 1.95. The average Bonchev–Trinajstić information content (AvgIpc) is 2.86. The number of thiol groups is 1. The van der Waals surface area contributed by atoms with Gasteiger partial charge >= 0.3 is 0 Å². The Balaban J connectivity index is 2.30. The van der Waals surface area contributed by atoms with Gasteiger partial charge in [-0.05, 0) is 25.2 Å². The van der Waals surface area contributed by atoms with Crippen LogP contribution in [-0.2, 0) is 7.05 Å². The molecule has 23 heavy (non-hydrogen) atoms. The van der Waals surface area contributed by atoms with Crippen LogP contribution in [0.2, 0.25) is 0 Å². The van der Waals surface area contributed by atoms with Crippen molar-refractivity contribution < 1.29 is 0 Å². The third kappa shape index (κ3) is 4.46. The van der Waals surface area contributed by atoms with Crippen LogP contribution in [0.1, 0.15) is 31.2 Å². The lowest BCUT2D eigenvalue weighted by molar-refractivity contribution is 0.862. The first-order valence-corrected chi connectivity index (χ1v) is 10.0. The van der Waals surface area contributed by atoms with Crippen LogP contribution in [0.4, 0.5) is 0 Å². The van der Waals surface area contributed by atoms with Gasteiger partial charge in [0.05, 0.1) is 22.5 Å². The van der Waals surface area contributed by atoms with Gasteiger partial charge in [0.25, 0.3) is 0 Å². The van der Waals surface area contributed by atoms with Crippen molar-refractivity contribution in [1.82, 2.24) is 14.5 Å². The second-order valence-electron chi connectivity index (χ2n) is 5.09. The van der Waals surface area contributed by atoms with Crippen LogP contribution in [0.3, 0.4) is 0 Å². The summed E-state index contributed by atoms with van der Waals surface area (Å²) in [4.78, 5) is 8.77. The Morgan fingerprint density at radius 1 is 1.43 bits per heavy atom. The normalized spacial score (nSPS) is 10.7. The highest BCUT2D eigenvalue weighted by molar-refractivity contribution is 8.16. The maximum atomic E-state index is 9.63. The third-order valence-corrected chi connectivity index (χ3v) is 6.02. The van der Waals surface area contributed by atoms with Gasteiger partial charge in [-0.25, -0.2) is 9.97 Å². The number of hydrogen-bond donors (Lipinski definition) is 1. The van der Waals surface area contributed by atoms with E-state index >= 15 is 0 Å². The Morgan fingerprint density at radius 2 is 2.22 bits per heavy atom. The first-order valence-electron chi connectivity index (χ1n) is 7.41. The summed E-state index contributed by atoms with van der Waals surface area (Å²) >= 11 is 7.90. The maximum absolute atomic E-state index is 9.63. The van der Waals surface area contributed by atoms with Crippen molar-refractivity contribution in [3.05, 3.63) is 23.7 Å². The fourth-order valence-corrected chi connectivity index (χ4v) is 4.58. The molecule has 2 heterocycles. The highest BCUT2D eigenvalue weighted by Gasteiger charge is 2.16. The van der Waals surface area contributed by atoms with E-state index in [9.17, 15) is 5.26 Å². The van der Waals surface area contributed by atoms with E-state index in [-0.39, 0.29) is 0 Å². The molecule has 0 aromatic carbocycles. The second kappa shape index (κ2) is 8.67. The van der Waals surface area contributed by atoms with Crippen LogP contribution >= 0.6 is 36.2 Å². The van der Waals surface area contributed by atoms with Crippen LogP contribution in [0.25, 0.3) is 11.3 Å². The van der Waals surface area contributed by atoms with Crippen molar-refractivity contribution in [3.63, 3.8) is 0 Å². The van der Waals surface area contributed by atoms with E-state index in [1.807, 2.05) is 36.4 Å². The number of hydrogen-bond acceptors (Lipinski definition) is 6. The van der Waals surface area contributed by atoms with Crippen molar-refractivity contribution >= 4 is 36.2 Å². The van der Waals surface area contributed by atoms with E-state index in [4.69, 9.17) is 0 Å². The van der Waals surface area contributed by atoms with Gasteiger partial charge in [-0.2, -0.15) is 17.0 Å². The zero-order valence-corrected chi connectivity index (χ0v) is 16.1. The predicted molar refractivity (Wildman–Crippen MR) is 101 cm³/mol. The van der Waals surface area contributed by atoms with E-state index in [0.717, 1.165) is 32.9 Å². The number of unbranched alkanes of at least 4 members (excludes halogenated alkanes) is 1. The molecule has 0 unspecified atom stereocenters. The molecule has 0 radical (unpaired) electrons. The summed E-state index contributed by atoms with van der Waals surface area (Å²) in [6.45, 7) is 4.13. The molecule has 0 saturated heterocycles. The van der Waals surface area contributed by atoms with Crippen LogP contribution in [-0.4, -0.2) is 25.4 Å². The summed E-state index contributed by atoms with van der Waals surface area (Å²) in [6, 6.07) is 4.15. The highest BCUT2D eigenvalue weighted by Crippen LogP contribution is 2.33. The fourth-order valence-electron chi connectivity index (χ4n) is 2.08. The lowest BCUT2D eigenvalue weighted by Gasteiger charge is -2.11. The number of aromatic nitrogens is 3. The SMILES string of the molecule is CCCCSCSc1nc(S)cc(-c2cnc(C)n2C)c1C#N. The molecule has 0 aliphatic rings. The van der Waals surface area contributed by atoms with E-state index in [1.165, 1.54) is 12.8 Å². The highest BCUT2D eigenvalue weighted by atomic mass is 32.2. The van der Waals surface area contributed by atoms with Crippen molar-refractivity contribution in [1.29, 1.82) is 5.26 Å². The first-order chi connectivity index (χ1) is 11.1. The zero-order valence-electron chi connectivity index (χ0n) is 13.5. The third-order valence-electron chi connectivity index (χ3n) is 3.50. The molecule has 2 aromatic rings. The quantitative estimate of drug-likeness (QED) is 0.338. The molecule has 2 aromatic heterocycles. The maximum Gasteiger partial charge on any atom is 0.117 e. The Hall–Kier alpha value is -1.10. The van der Waals surface area contributed by atoms with E-state index in [2.05, 4.69) is 35.6 Å². The molecule has 0 aliphatic carbocycles. The molecule has 0 N–H and O–H groups in total. The predicted octanol–water partition coefficient (Wildman–Crippen LogP) is 4.53. The van der Waals surface area contributed by atoms with Gasteiger partial charge in [-0.3, -0.25) is 0 Å². The summed E-state index contributed by atoms with van der Waals surface area (Å²) in [5, 5.41) is 11.9. The molecule has 0 amide bonds. The van der Waals surface area contributed by atoms with Crippen molar-refractivity contribution in [2.24, 2.45) is 7.05 Å². The van der Waals surface area contributed by atoms with Gasteiger partial charge in [-0.15, -0.1) is 12.6 Å². The van der Waals surface area contributed by atoms with Crippen molar-refractivity contribution in [2.45, 2.75) is 36.7 Å². The Labute approximate surface area is 151 Å². The minimum absolute atomic E-state index is 0.604. The molecular formula is C16H20N4S3. The number of rotatable bonds is 7. The number of imidazole rings is 1. The largest absolute Gasteiger partial charge is 0.331 e. The molecule has 0 atom stereocenters. The lowest BCUT2D eigenvalue weighted by Crippen LogP contribution is -1.99. The van der Waals surface area contributed by atoms with Crippen LogP contribution in [0.15, 0.2) is 22.3 Å². The second-order valence-corrected chi connectivity index (χ2v) is 7.99. The molecule has 122 valence electrons. The van der Waals surface area contributed by atoms with Gasteiger partial charge < -0.3 is 4.57 Å². The van der Waals surface area contributed by atoms with Crippen LogP contribution in [0.5, 0.6) is 0 Å². The molecule has 0 saturated carbocycles. The molecule has 2 rings (SSSR count). The Bertz CT molecular complexity index is 719. The molecule has 0 fully saturated rings. The summed E-state index contributed by atoms with van der Waals surface area (Å²) < 4.78 is 1.98. The number of aryl methyl sites for hydroxylation is 1. The van der Waals surface area contributed by atoms with E-state index in [1.54, 1.807) is 18.0 Å². The van der Waals surface area contributed by atoms with Gasteiger partial charge in [0, 0.05) is 17.7 Å². The minimum Gasteiger partial charge on any atom is -0.331 e. The van der Waals surface area contributed by atoms with Crippen molar-refractivity contribution in [3.8, 4) is 17.3 Å². The van der Waals surface area contributed by atoms with Crippen LogP contribution in [0, 0.1) is 18.3 Å². The summed E-state index contributed by atoms with van der Waals surface area (Å²) in [6.07, 6.45) is 4.22. The van der Waals surface area contributed by atoms with Gasteiger partial charge in [0.2, 0.25) is 0 Å². The number of nitriles is 1. The Morgan fingerprint density at radius 3 is 2.83 bits per heavy atom. The number of nitrogens with zero attached hydrogens (tertiary/aromatic N) is 4. The van der Waals surface area contributed by atoms with Gasteiger partial charge in [0.1, 0.15) is 16.9 Å².